The van der Waals surface area contributed by atoms with Gasteiger partial charge in [0, 0.05) is 12.0 Å². The zero-order chi connectivity index (χ0) is 25.3. The van der Waals surface area contributed by atoms with E-state index in [4.69, 9.17) is 0 Å². The fourth-order valence-corrected chi connectivity index (χ4v) is 2.00. The van der Waals surface area contributed by atoms with E-state index in [9.17, 15) is 61.9 Å². The standard InChI is InChI=1S/C16H17F13O2/c1-8(2)10(30)31-16(28,29)15(26,27)14(24,25)13(22,23)11(17,18)7-5-4-6-9(3)12(19,20)21/h9H,1,4-7H2,2-3H3. The van der Waals surface area contributed by atoms with Crippen LogP contribution in [0.1, 0.15) is 39.5 Å². The molecule has 0 aromatic heterocycles. The molecule has 1 atom stereocenters. The number of esters is 1. The van der Waals surface area contributed by atoms with Crippen molar-refractivity contribution in [2.45, 2.75) is 75.5 Å². The summed E-state index contributed by atoms with van der Waals surface area (Å²) in [4.78, 5) is 10.9. The Labute approximate surface area is 167 Å². The number of ether oxygens (including phenoxy) is 1. The third-order valence-electron chi connectivity index (χ3n) is 4.12. The molecule has 0 saturated carbocycles. The van der Waals surface area contributed by atoms with Crippen molar-refractivity contribution in [3.8, 4) is 0 Å². The van der Waals surface area contributed by atoms with Crippen LogP contribution < -0.4 is 0 Å². The summed E-state index contributed by atoms with van der Waals surface area (Å²) in [7, 11) is 0. The van der Waals surface area contributed by atoms with Gasteiger partial charge in [0.15, 0.2) is 0 Å². The Kier molecular flexibility index (Phi) is 8.55. The predicted molar refractivity (Wildman–Crippen MR) is 79.3 cm³/mol. The number of halogens is 13. The van der Waals surface area contributed by atoms with Gasteiger partial charge >= 0.3 is 41.9 Å². The fourth-order valence-electron chi connectivity index (χ4n) is 2.00. The van der Waals surface area contributed by atoms with Gasteiger partial charge in [0.05, 0.1) is 5.92 Å². The largest absolute Gasteiger partial charge is 0.473 e. The lowest BCUT2D eigenvalue weighted by Gasteiger charge is -2.38. The van der Waals surface area contributed by atoms with E-state index >= 15 is 0 Å². The molecule has 0 spiro atoms. The normalized spacial score (nSPS) is 15.6. The maximum absolute atomic E-state index is 13.6. The highest BCUT2D eigenvalue weighted by molar-refractivity contribution is 5.87. The van der Waals surface area contributed by atoms with Crippen LogP contribution in [0.15, 0.2) is 12.2 Å². The van der Waals surface area contributed by atoms with Crippen LogP contribution in [0.3, 0.4) is 0 Å². The first-order valence-corrected chi connectivity index (χ1v) is 8.30. The van der Waals surface area contributed by atoms with Crippen molar-refractivity contribution >= 4 is 5.97 Å². The molecule has 15 heteroatoms. The van der Waals surface area contributed by atoms with Crippen molar-refractivity contribution in [3.05, 3.63) is 12.2 Å². The van der Waals surface area contributed by atoms with Gasteiger partial charge < -0.3 is 4.74 Å². The first-order chi connectivity index (χ1) is 13.5. The second-order valence-corrected chi connectivity index (χ2v) is 6.80. The molecular formula is C16H17F13O2. The molecule has 0 saturated heterocycles. The number of carbonyl (C=O) groups is 1. The highest BCUT2D eigenvalue weighted by atomic mass is 19.4. The Morgan fingerprint density at radius 3 is 1.65 bits per heavy atom. The molecule has 0 heterocycles. The molecule has 184 valence electrons. The van der Waals surface area contributed by atoms with Crippen molar-refractivity contribution in [3.63, 3.8) is 0 Å². The van der Waals surface area contributed by atoms with Gasteiger partial charge in [-0.15, -0.1) is 0 Å². The van der Waals surface area contributed by atoms with E-state index in [0.717, 1.165) is 0 Å². The first kappa shape index (κ1) is 29.3. The van der Waals surface area contributed by atoms with Crippen LogP contribution >= 0.6 is 0 Å². The number of unbranched alkanes of at least 4 members (excludes halogenated alkanes) is 1. The molecule has 0 amide bonds. The fraction of sp³-hybridized carbons (Fsp3) is 0.812. The second kappa shape index (κ2) is 9.04. The van der Waals surface area contributed by atoms with Gasteiger partial charge in [-0.2, -0.15) is 57.1 Å². The van der Waals surface area contributed by atoms with E-state index < -0.39 is 79.1 Å². The Bertz CT molecular complexity index is 652. The highest BCUT2D eigenvalue weighted by Gasteiger charge is 2.87. The highest BCUT2D eigenvalue weighted by Crippen LogP contribution is 2.58. The second-order valence-electron chi connectivity index (χ2n) is 6.80. The van der Waals surface area contributed by atoms with E-state index in [-0.39, 0.29) is 0 Å². The first-order valence-electron chi connectivity index (χ1n) is 8.30. The zero-order valence-electron chi connectivity index (χ0n) is 15.8. The van der Waals surface area contributed by atoms with Crippen LogP contribution in [0, 0.1) is 5.92 Å². The Morgan fingerprint density at radius 1 is 0.806 bits per heavy atom. The van der Waals surface area contributed by atoms with E-state index in [2.05, 4.69) is 11.3 Å². The molecular weight excluding hydrogens is 471 g/mol. The summed E-state index contributed by atoms with van der Waals surface area (Å²) in [6.07, 6.45) is -16.7. The summed E-state index contributed by atoms with van der Waals surface area (Å²) in [6.45, 7) is 3.89. The number of hydrogen-bond donors (Lipinski definition) is 0. The monoisotopic (exact) mass is 488 g/mol. The molecule has 0 radical (unpaired) electrons. The predicted octanol–water partition coefficient (Wildman–Crippen LogP) is 7.00. The van der Waals surface area contributed by atoms with Crippen LogP contribution in [0.25, 0.3) is 0 Å². The topological polar surface area (TPSA) is 26.3 Å². The maximum Gasteiger partial charge on any atom is 0.473 e. The summed E-state index contributed by atoms with van der Waals surface area (Å²) in [5.74, 6) is -32.3. The maximum atomic E-state index is 13.6. The summed E-state index contributed by atoms with van der Waals surface area (Å²) in [5, 5.41) is 0. The minimum atomic E-state index is -7.44. The SMILES string of the molecule is C=C(C)C(=O)OC(F)(F)C(F)(F)C(F)(F)C(F)(F)C(F)(F)CCCCC(C)C(F)(F)F. The van der Waals surface area contributed by atoms with Crippen molar-refractivity contribution < 1.29 is 66.6 Å². The van der Waals surface area contributed by atoms with Gasteiger partial charge in [0.1, 0.15) is 0 Å². The van der Waals surface area contributed by atoms with Crippen LogP contribution in [0.5, 0.6) is 0 Å². The summed E-state index contributed by atoms with van der Waals surface area (Å²) >= 11 is 0. The van der Waals surface area contributed by atoms with Crippen LogP contribution in [0.2, 0.25) is 0 Å². The van der Waals surface area contributed by atoms with Crippen molar-refractivity contribution in [1.82, 2.24) is 0 Å². The van der Waals surface area contributed by atoms with Crippen LogP contribution in [0.4, 0.5) is 57.1 Å². The lowest BCUT2D eigenvalue weighted by molar-refractivity contribution is -0.437. The molecule has 0 aliphatic heterocycles. The Hall–Kier alpha value is -1.70. The van der Waals surface area contributed by atoms with Gasteiger partial charge in [0.2, 0.25) is 0 Å². The quantitative estimate of drug-likeness (QED) is 0.136. The zero-order valence-corrected chi connectivity index (χ0v) is 15.8. The summed E-state index contributed by atoms with van der Waals surface area (Å²) < 4.78 is 175. The molecule has 2 nitrogen and oxygen atoms in total. The van der Waals surface area contributed by atoms with Gasteiger partial charge in [0.25, 0.3) is 0 Å². The Morgan fingerprint density at radius 2 is 1.26 bits per heavy atom. The average molecular weight is 488 g/mol. The molecule has 0 aliphatic carbocycles. The number of hydrogen-bond acceptors (Lipinski definition) is 2. The number of alkyl halides is 13. The van der Waals surface area contributed by atoms with Gasteiger partial charge in [-0.25, -0.2) is 4.79 Å². The third-order valence-corrected chi connectivity index (χ3v) is 4.12. The Balaban J connectivity index is 5.58. The van der Waals surface area contributed by atoms with Gasteiger partial charge in [-0.3, -0.25) is 0 Å². The van der Waals surface area contributed by atoms with E-state index in [1.54, 1.807) is 0 Å². The average Bonchev–Trinajstić information content (AvgIpc) is 2.56. The molecule has 0 aromatic carbocycles. The molecule has 0 aromatic rings. The summed E-state index contributed by atoms with van der Waals surface area (Å²) in [5.41, 5.74) is -1.02. The molecule has 0 fully saturated rings. The minimum absolute atomic E-state index is 0.608. The summed E-state index contributed by atoms with van der Waals surface area (Å²) in [6, 6.07) is 0. The van der Waals surface area contributed by atoms with E-state index in [1.807, 2.05) is 0 Å². The van der Waals surface area contributed by atoms with E-state index in [1.165, 1.54) is 0 Å². The number of rotatable bonds is 11. The molecule has 0 N–H and O–H groups in total. The van der Waals surface area contributed by atoms with Crippen molar-refractivity contribution in [2.24, 2.45) is 5.92 Å². The lowest BCUT2D eigenvalue weighted by atomic mass is 9.93. The van der Waals surface area contributed by atoms with Crippen molar-refractivity contribution in [1.29, 1.82) is 0 Å². The number of carbonyl (C=O) groups excluding carboxylic acids is 1. The van der Waals surface area contributed by atoms with E-state index in [0.29, 0.717) is 13.8 Å². The van der Waals surface area contributed by atoms with Gasteiger partial charge in [-0.05, 0) is 19.8 Å². The van der Waals surface area contributed by atoms with Crippen LogP contribution in [-0.2, 0) is 9.53 Å². The van der Waals surface area contributed by atoms with Gasteiger partial charge in [-0.1, -0.05) is 19.9 Å². The molecule has 0 rings (SSSR count). The minimum Gasteiger partial charge on any atom is -0.393 e. The smallest absolute Gasteiger partial charge is 0.393 e. The molecule has 0 aliphatic rings. The lowest BCUT2D eigenvalue weighted by Crippen LogP contribution is -2.67. The van der Waals surface area contributed by atoms with Crippen molar-refractivity contribution in [2.75, 3.05) is 0 Å². The third kappa shape index (κ3) is 5.96. The van der Waals surface area contributed by atoms with Crippen LogP contribution in [-0.4, -0.2) is 41.9 Å². The molecule has 1 unspecified atom stereocenters. The molecule has 0 bridgehead atoms. The molecule has 31 heavy (non-hydrogen) atoms.